The van der Waals surface area contributed by atoms with Gasteiger partial charge in [-0.15, -0.1) is 0 Å². The first-order valence-electron chi connectivity index (χ1n) is 9.19. The number of nitrogens with zero attached hydrogens (tertiary/aromatic N) is 1. The third-order valence-electron chi connectivity index (χ3n) is 5.24. The van der Waals surface area contributed by atoms with Crippen LogP contribution < -0.4 is 10.1 Å². The first-order chi connectivity index (χ1) is 12.2. The zero-order valence-corrected chi connectivity index (χ0v) is 14.6. The summed E-state index contributed by atoms with van der Waals surface area (Å²) < 4.78 is 5.99. The first-order valence-corrected chi connectivity index (χ1v) is 9.19. The molecule has 2 aliphatic rings. The normalized spacial score (nSPS) is 19.5. The molecule has 1 aromatic carbocycles. The van der Waals surface area contributed by atoms with Crippen molar-refractivity contribution in [2.75, 3.05) is 6.54 Å². The predicted molar refractivity (Wildman–Crippen MR) is 97.5 cm³/mol. The van der Waals surface area contributed by atoms with Crippen LogP contribution in [0.4, 0.5) is 0 Å². The van der Waals surface area contributed by atoms with Crippen molar-refractivity contribution in [1.29, 1.82) is 0 Å². The Bertz CT molecular complexity index is 764. The lowest BCUT2D eigenvalue weighted by Gasteiger charge is -2.14. The van der Waals surface area contributed by atoms with E-state index in [-0.39, 0.29) is 17.9 Å². The van der Waals surface area contributed by atoms with Crippen molar-refractivity contribution in [3.05, 3.63) is 47.7 Å². The van der Waals surface area contributed by atoms with Gasteiger partial charge in [-0.3, -0.25) is 9.78 Å². The van der Waals surface area contributed by atoms with Crippen molar-refractivity contribution in [3.8, 4) is 17.0 Å². The highest BCUT2D eigenvalue weighted by Gasteiger charge is 2.26. The molecule has 0 saturated heterocycles. The summed E-state index contributed by atoms with van der Waals surface area (Å²) in [5, 5.41) is 3.08. The highest BCUT2D eigenvalue weighted by atomic mass is 16.5. The number of carbonyl (C=O) groups excluding carboxylic acids is 1. The molecule has 1 N–H and O–H groups in total. The van der Waals surface area contributed by atoms with E-state index in [2.05, 4.69) is 28.5 Å². The van der Waals surface area contributed by atoms with E-state index in [4.69, 9.17) is 4.74 Å². The van der Waals surface area contributed by atoms with Crippen molar-refractivity contribution in [2.45, 2.75) is 45.1 Å². The lowest BCUT2D eigenvalue weighted by molar-refractivity contribution is -0.125. The van der Waals surface area contributed by atoms with Gasteiger partial charge in [-0.25, -0.2) is 0 Å². The van der Waals surface area contributed by atoms with E-state index in [0.29, 0.717) is 6.54 Å². The molecule has 1 saturated carbocycles. The molecule has 2 aromatic rings. The number of nitrogens with one attached hydrogen (secondary N) is 1. The molecular formula is C21H24N2O2. The molecule has 1 aliphatic heterocycles. The molecule has 130 valence electrons. The molecule has 1 fully saturated rings. The van der Waals surface area contributed by atoms with Gasteiger partial charge in [0.25, 0.3) is 0 Å². The average molecular weight is 336 g/mol. The summed E-state index contributed by atoms with van der Waals surface area (Å²) in [6, 6.07) is 10.4. The highest BCUT2D eigenvalue weighted by molar-refractivity contribution is 5.78. The summed E-state index contributed by atoms with van der Waals surface area (Å²) in [5.41, 5.74) is 4.44. The molecule has 1 atom stereocenters. The van der Waals surface area contributed by atoms with Crippen molar-refractivity contribution in [3.63, 3.8) is 0 Å². The van der Waals surface area contributed by atoms with E-state index < -0.39 is 0 Å². The molecule has 2 heterocycles. The number of amides is 1. The zero-order valence-electron chi connectivity index (χ0n) is 14.6. The number of hydrogen-bond donors (Lipinski definition) is 1. The second kappa shape index (κ2) is 6.87. The number of ether oxygens (including phenoxy) is 1. The fourth-order valence-electron chi connectivity index (χ4n) is 3.78. The number of carbonyl (C=O) groups is 1. The minimum Gasteiger partial charge on any atom is -0.488 e. The minimum atomic E-state index is 0.0292. The Morgan fingerprint density at radius 2 is 2.08 bits per heavy atom. The van der Waals surface area contributed by atoms with Crippen LogP contribution in [0.15, 0.2) is 36.5 Å². The topological polar surface area (TPSA) is 51.2 Å². The third kappa shape index (κ3) is 3.53. The van der Waals surface area contributed by atoms with Gasteiger partial charge in [0.1, 0.15) is 11.9 Å². The molecule has 0 bridgehead atoms. The second-order valence-electron chi connectivity index (χ2n) is 7.21. The number of rotatable bonds is 4. The highest BCUT2D eigenvalue weighted by Crippen LogP contribution is 2.32. The maximum absolute atomic E-state index is 12.2. The van der Waals surface area contributed by atoms with Gasteiger partial charge >= 0.3 is 0 Å². The molecule has 0 radical (unpaired) electrons. The molecule has 4 heteroatoms. The number of aromatic nitrogens is 1. The Balaban J connectivity index is 1.39. The maximum Gasteiger partial charge on any atom is 0.223 e. The molecule has 4 rings (SSSR count). The van der Waals surface area contributed by atoms with E-state index in [1.807, 2.05) is 25.3 Å². The number of benzene rings is 1. The number of aryl methyl sites for hydroxylation is 1. The van der Waals surface area contributed by atoms with Gasteiger partial charge in [-0.2, -0.15) is 0 Å². The Morgan fingerprint density at radius 3 is 2.84 bits per heavy atom. The number of pyridine rings is 1. The molecule has 0 spiro atoms. The standard InChI is InChI=1S/C21H24N2O2/c1-14-6-8-19(22-12-14)16-7-9-20-17(10-16)11-18(25-20)13-23-21(24)15-4-2-3-5-15/h6-10,12,15,18H,2-5,11,13H2,1H3,(H,23,24)/t18-/m0/s1. The molecule has 1 aliphatic carbocycles. The second-order valence-corrected chi connectivity index (χ2v) is 7.21. The largest absolute Gasteiger partial charge is 0.488 e. The van der Waals surface area contributed by atoms with E-state index in [1.165, 1.54) is 18.4 Å². The third-order valence-corrected chi connectivity index (χ3v) is 5.24. The Morgan fingerprint density at radius 1 is 1.24 bits per heavy atom. The molecular weight excluding hydrogens is 312 g/mol. The number of hydrogen-bond acceptors (Lipinski definition) is 3. The fourth-order valence-corrected chi connectivity index (χ4v) is 3.78. The lowest BCUT2D eigenvalue weighted by Crippen LogP contribution is -2.37. The molecule has 1 amide bonds. The van der Waals surface area contributed by atoms with Crippen molar-refractivity contribution in [1.82, 2.24) is 10.3 Å². The van der Waals surface area contributed by atoms with Crippen LogP contribution in [0, 0.1) is 12.8 Å². The minimum absolute atomic E-state index is 0.0292. The summed E-state index contributed by atoms with van der Waals surface area (Å²) in [6.07, 6.45) is 7.18. The smallest absolute Gasteiger partial charge is 0.223 e. The van der Waals surface area contributed by atoms with Gasteiger partial charge in [-0.05, 0) is 55.2 Å². The molecule has 4 nitrogen and oxygen atoms in total. The van der Waals surface area contributed by atoms with Crippen LogP contribution in [0.5, 0.6) is 5.75 Å². The Hall–Kier alpha value is -2.36. The van der Waals surface area contributed by atoms with Crippen molar-refractivity contribution < 1.29 is 9.53 Å². The van der Waals surface area contributed by atoms with Crippen LogP contribution in [0.1, 0.15) is 36.8 Å². The van der Waals surface area contributed by atoms with Crippen LogP contribution in [0.3, 0.4) is 0 Å². The van der Waals surface area contributed by atoms with Gasteiger partial charge in [0, 0.05) is 24.1 Å². The average Bonchev–Trinajstić information content (AvgIpc) is 3.29. The molecule has 0 unspecified atom stereocenters. The predicted octanol–water partition coefficient (Wildman–Crippen LogP) is 3.67. The van der Waals surface area contributed by atoms with Crippen LogP contribution >= 0.6 is 0 Å². The van der Waals surface area contributed by atoms with Gasteiger partial charge in [-0.1, -0.05) is 18.9 Å². The summed E-state index contributed by atoms with van der Waals surface area (Å²) in [7, 11) is 0. The van der Waals surface area contributed by atoms with Crippen LogP contribution in [0.2, 0.25) is 0 Å². The quantitative estimate of drug-likeness (QED) is 0.927. The fraction of sp³-hybridized carbons (Fsp3) is 0.429. The SMILES string of the molecule is Cc1ccc(-c2ccc3c(c2)C[C@@H](CNC(=O)C2CCCC2)O3)nc1. The van der Waals surface area contributed by atoms with E-state index >= 15 is 0 Å². The van der Waals surface area contributed by atoms with Crippen molar-refractivity contribution in [2.24, 2.45) is 5.92 Å². The lowest BCUT2D eigenvalue weighted by atomic mass is 10.0. The summed E-state index contributed by atoms with van der Waals surface area (Å²) >= 11 is 0. The molecule has 1 aromatic heterocycles. The zero-order chi connectivity index (χ0) is 17.2. The maximum atomic E-state index is 12.2. The summed E-state index contributed by atoms with van der Waals surface area (Å²) in [5.74, 6) is 1.33. The number of fused-ring (bicyclic) bond motifs is 1. The molecule has 25 heavy (non-hydrogen) atoms. The van der Waals surface area contributed by atoms with Gasteiger partial charge < -0.3 is 10.1 Å². The van der Waals surface area contributed by atoms with Crippen LogP contribution in [-0.4, -0.2) is 23.5 Å². The van der Waals surface area contributed by atoms with Gasteiger partial charge in [0.05, 0.1) is 12.2 Å². The summed E-state index contributed by atoms with van der Waals surface area (Å²) in [6.45, 7) is 2.62. The Kier molecular flexibility index (Phi) is 4.43. The monoisotopic (exact) mass is 336 g/mol. The van der Waals surface area contributed by atoms with Crippen molar-refractivity contribution >= 4 is 5.91 Å². The van der Waals surface area contributed by atoms with Crippen LogP contribution in [0.25, 0.3) is 11.3 Å². The van der Waals surface area contributed by atoms with E-state index in [9.17, 15) is 4.79 Å². The van der Waals surface area contributed by atoms with E-state index in [1.54, 1.807) is 0 Å². The Labute approximate surface area is 148 Å². The van der Waals surface area contributed by atoms with Gasteiger partial charge in [0.15, 0.2) is 0 Å². The van der Waals surface area contributed by atoms with Gasteiger partial charge in [0.2, 0.25) is 5.91 Å². The van der Waals surface area contributed by atoms with Crippen LogP contribution in [-0.2, 0) is 11.2 Å². The first kappa shape index (κ1) is 16.1. The summed E-state index contributed by atoms with van der Waals surface area (Å²) in [4.78, 5) is 16.7. The van der Waals surface area contributed by atoms with E-state index in [0.717, 1.165) is 41.8 Å².